The second-order valence-electron chi connectivity index (χ2n) is 5.04. The van der Waals surface area contributed by atoms with E-state index in [2.05, 4.69) is 5.32 Å². The highest BCUT2D eigenvalue weighted by Crippen LogP contribution is 2.20. The molecule has 3 nitrogen and oxygen atoms in total. The summed E-state index contributed by atoms with van der Waals surface area (Å²) >= 11 is 0. The summed E-state index contributed by atoms with van der Waals surface area (Å²) in [7, 11) is 0. The molecule has 1 atom stereocenters. The van der Waals surface area contributed by atoms with Crippen LogP contribution in [0.5, 0.6) is 0 Å². The normalized spacial score (nSPS) is 27.1. The molecule has 1 N–H and O–H groups in total. The number of urea groups is 1. The molecule has 2 aliphatic rings. The van der Waals surface area contributed by atoms with E-state index >= 15 is 0 Å². The highest BCUT2D eigenvalue weighted by molar-refractivity contribution is 5.74. The van der Waals surface area contributed by atoms with E-state index in [4.69, 9.17) is 0 Å². The van der Waals surface area contributed by atoms with Gasteiger partial charge in [0, 0.05) is 25.0 Å². The van der Waals surface area contributed by atoms with Crippen LogP contribution in [0.25, 0.3) is 0 Å². The minimum absolute atomic E-state index is 0.0186. The third kappa shape index (κ3) is 2.86. The molecule has 1 aliphatic heterocycles. The minimum Gasteiger partial charge on any atom is -0.335 e. The monoisotopic (exact) mass is 228 g/mol. The number of nitrogens with one attached hydrogen (secondary N) is 1. The van der Waals surface area contributed by atoms with Gasteiger partial charge in [-0.25, -0.2) is 4.79 Å². The van der Waals surface area contributed by atoms with Gasteiger partial charge in [0.2, 0.25) is 0 Å². The molecule has 1 aliphatic carbocycles. The molecule has 92 valence electrons. The zero-order chi connectivity index (χ0) is 11.4. The molecule has 0 aromatic carbocycles. The Kier molecular flexibility index (Phi) is 4.02. The second kappa shape index (κ2) is 5.51. The molecule has 1 unspecified atom stereocenters. The summed E-state index contributed by atoms with van der Waals surface area (Å²) in [5.74, 6) is 0.0584. The number of piperidine rings is 1. The van der Waals surface area contributed by atoms with Gasteiger partial charge in [0.15, 0.2) is 0 Å². The smallest absolute Gasteiger partial charge is 0.317 e. The van der Waals surface area contributed by atoms with E-state index in [1.165, 1.54) is 12.8 Å². The Hall–Kier alpha value is -0.800. The second-order valence-corrected chi connectivity index (χ2v) is 5.04. The van der Waals surface area contributed by atoms with E-state index in [0.717, 1.165) is 32.2 Å². The largest absolute Gasteiger partial charge is 0.335 e. The highest BCUT2D eigenvalue weighted by atomic mass is 19.1. The number of hydrogen-bond acceptors (Lipinski definition) is 1. The molecule has 0 aromatic rings. The molecule has 1 heterocycles. The van der Waals surface area contributed by atoms with Crippen molar-refractivity contribution in [1.82, 2.24) is 10.2 Å². The third-order valence-corrected chi connectivity index (χ3v) is 3.71. The molecule has 1 saturated carbocycles. The summed E-state index contributed by atoms with van der Waals surface area (Å²) in [6.45, 7) is 1.08. The fourth-order valence-corrected chi connectivity index (χ4v) is 2.71. The van der Waals surface area contributed by atoms with Gasteiger partial charge in [-0.15, -0.1) is 0 Å². The van der Waals surface area contributed by atoms with Crippen LogP contribution in [0.3, 0.4) is 0 Å². The maximum absolute atomic E-state index is 12.6. The molecule has 4 heteroatoms. The average Bonchev–Trinajstić information content (AvgIpc) is 2.82. The van der Waals surface area contributed by atoms with Crippen molar-refractivity contribution < 1.29 is 9.18 Å². The predicted molar refractivity (Wildman–Crippen MR) is 61.1 cm³/mol. The summed E-state index contributed by atoms with van der Waals surface area (Å²) in [4.78, 5) is 13.7. The van der Waals surface area contributed by atoms with E-state index in [-0.39, 0.29) is 18.6 Å². The van der Waals surface area contributed by atoms with Crippen molar-refractivity contribution in [2.24, 2.45) is 5.92 Å². The number of carbonyl (C=O) groups excluding carboxylic acids is 1. The number of hydrogen-bond donors (Lipinski definition) is 1. The topological polar surface area (TPSA) is 32.3 Å². The average molecular weight is 228 g/mol. The van der Waals surface area contributed by atoms with Crippen molar-refractivity contribution in [3.63, 3.8) is 0 Å². The van der Waals surface area contributed by atoms with E-state index in [1.54, 1.807) is 4.90 Å². The lowest BCUT2D eigenvalue weighted by molar-refractivity contribution is 0.151. The zero-order valence-electron chi connectivity index (χ0n) is 9.75. The summed E-state index contributed by atoms with van der Waals surface area (Å²) in [5, 5.41) is 3.06. The van der Waals surface area contributed by atoms with Crippen molar-refractivity contribution in [3.05, 3.63) is 0 Å². The lowest BCUT2D eigenvalue weighted by Crippen LogP contribution is -2.48. The van der Waals surface area contributed by atoms with E-state index in [1.807, 2.05) is 0 Å². The Morgan fingerprint density at radius 1 is 1.25 bits per heavy atom. The molecule has 0 radical (unpaired) electrons. The molecule has 2 amide bonds. The van der Waals surface area contributed by atoms with Crippen molar-refractivity contribution in [1.29, 1.82) is 0 Å². The minimum atomic E-state index is -0.298. The Morgan fingerprint density at radius 2 is 2.00 bits per heavy atom. The predicted octanol–water partition coefficient (Wildman–Crippen LogP) is 2.32. The molecule has 0 aromatic heterocycles. The first-order chi connectivity index (χ1) is 7.79. The van der Waals surface area contributed by atoms with Gasteiger partial charge in [-0.1, -0.05) is 12.8 Å². The Bertz CT molecular complexity index is 241. The van der Waals surface area contributed by atoms with Gasteiger partial charge in [0.1, 0.15) is 0 Å². The summed E-state index contributed by atoms with van der Waals surface area (Å²) in [6, 6.07) is 0.378. The van der Waals surface area contributed by atoms with Crippen LogP contribution in [0.15, 0.2) is 0 Å². The molecular formula is C12H21FN2O. The SMILES string of the molecule is O=C(NC1CCCC1)N1CCCC(CF)C1. The highest BCUT2D eigenvalue weighted by Gasteiger charge is 2.25. The van der Waals surface area contributed by atoms with E-state index in [0.29, 0.717) is 12.6 Å². The zero-order valence-corrected chi connectivity index (χ0v) is 9.75. The first kappa shape index (κ1) is 11.7. The first-order valence-electron chi connectivity index (χ1n) is 6.41. The fourth-order valence-electron chi connectivity index (χ4n) is 2.71. The van der Waals surface area contributed by atoms with Gasteiger partial charge < -0.3 is 10.2 Å². The van der Waals surface area contributed by atoms with Crippen LogP contribution in [0.1, 0.15) is 38.5 Å². The van der Waals surface area contributed by atoms with Gasteiger partial charge in [-0.2, -0.15) is 0 Å². The number of amides is 2. The van der Waals surface area contributed by atoms with Crippen LogP contribution in [-0.4, -0.2) is 36.7 Å². The molecule has 2 fully saturated rings. The quantitative estimate of drug-likeness (QED) is 0.773. The van der Waals surface area contributed by atoms with Crippen molar-refractivity contribution >= 4 is 6.03 Å². The van der Waals surface area contributed by atoms with Crippen molar-refractivity contribution in [2.75, 3.05) is 19.8 Å². The Balaban J connectivity index is 1.79. The molecule has 0 bridgehead atoms. The molecule has 2 rings (SSSR count). The fraction of sp³-hybridized carbons (Fsp3) is 0.917. The number of halogens is 1. The van der Waals surface area contributed by atoms with E-state index in [9.17, 15) is 9.18 Å². The van der Waals surface area contributed by atoms with Gasteiger partial charge in [-0.3, -0.25) is 4.39 Å². The summed E-state index contributed by atoms with van der Waals surface area (Å²) in [6.07, 6.45) is 6.50. The Morgan fingerprint density at radius 3 is 2.69 bits per heavy atom. The summed E-state index contributed by atoms with van der Waals surface area (Å²) < 4.78 is 12.6. The number of nitrogens with zero attached hydrogens (tertiary/aromatic N) is 1. The molecular weight excluding hydrogens is 207 g/mol. The molecule has 1 saturated heterocycles. The van der Waals surface area contributed by atoms with Crippen LogP contribution in [0, 0.1) is 5.92 Å². The number of rotatable bonds is 2. The van der Waals surface area contributed by atoms with Crippen LogP contribution in [0.4, 0.5) is 9.18 Å². The standard InChI is InChI=1S/C12H21FN2O/c13-8-10-4-3-7-15(9-10)12(16)14-11-5-1-2-6-11/h10-11H,1-9H2,(H,14,16). The lowest BCUT2D eigenvalue weighted by Gasteiger charge is -2.32. The molecule has 16 heavy (non-hydrogen) atoms. The maximum Gasteiger partial charge on any atom is 0.317 e. The first-order valence-corrected chi connectivity index (χ1v) is 6.41. The van der Waals surface area contributed by atoms with Gasteiger partial charge in [0.25, 0.3) is 0 Å². The summed E-state index contributed by atoms with van der Waals surface area (Å²) in [5.41, 5.74) is 0. The lowest BCUT2D eigenvalue weighted by atomic mass is 10.00. The van der Waals surface area contributed by atoms with Crippen LogP contribution in [0.2, 0.25) is 0 Å². The van der Waals surface area contributed by atoms with Gasteiger partial charge in [0.05, 0.1) is 6.67 Å². The van der Waals surface area contributed by atoms with Crippen LogP contribution >= 0.6 is 0 Å². The van der Waals surface area contributed by atoms with Gasteiger partial charge >= 0.3 is 6.03 Å². The van der Waals surface area contributed by atoms with Crippen molar-refractivity contribution in [3.8, 4) is 0 Å². The molecule has 0 spiro atoms. The third-order valence-electron chi connectivity index (χ3n) is 3.71. The van der Waals surface area contributed by atoms with E-state index < -0.39 is 0 Å². The number of carbonyl (C=O) groups is 1. The van der Waals surface area contributed by atoms with Crippen LogP contribution < -0.4 is 5.32 Å². The maximum atomic E-state index is 12.6. The van der Waals surface area contributed by atoms with Crippen LogP contribution in [-0.2, 0) is 0 Å². The number of likely N-dealkylation sites (tertiary alicyclic amines) is 1. The number of alkyl halides is 1. The van der Waals surface area contributed by atoms with Crippen molar-refractivity contribution in [2.45, 2.75) is 44.6 Å². The van der Waals surface area contributed by atoms with Gasteiger partial charge in [-0.05, 0) is 25.7 Å². The Labute approximate surface area is 96.4 Å².